The number of aryl methyl sites for hydroxylation is 1. The number of unbranched alkanes of at least 4 members (excludes halogenated alkanes) is 1. The Morgan fingerprint density at radius 2 is 2.10 bits per heavy atom. The molecular weight excluding hydrogens is 253 g/mol. The van der Waals surface area contributed by atoms with E-state index in [2.05, 4.69) is 17.2 Å². The number of benzene rings is 1. The Hall–Kier alpha value is -1.84. The van der Waals surface area contributed by atoms with Crippen LogP contribution < -0.4 is 5.32 Å². The lowest BCUT2D eigenvalue weighted by atomic mass is 10.1. The van der Waals surface area contributed by atoms with E-state index < -0.39 is 0 Å². The van der Waals surface area contributed by atoms with E-state index in [9.17, 15) is 4.39 Å². The molecular formula is C16H22FN3. The standard InChI is InChI=1S/C16H22FN3/c1-4-5-10-18-16-19-12(2)11-20(16)13(3)14-8-6-7-9-15(14)17/h6-9,11,13H,4-5,10H2,1-3H3,(H,18,19). The van der Waals surface area contributed by atoms with E-state index >= 15 is 0 Å². The van der Waals surface area contributed by atoms with Crippen molar-refractivity contribution in [2.45, 2.75) is 39.7 Å². The number of rotatable bonds is 6. The van der Waals surface area contributed by atoms with Gasteiger partial charge in [-0.25, -0.2) is 9.37 Å². The van der Waals surface area contributed by atoms with Crippen molar-refractivity contribution in [3.05, 3.63) is 47.5 Å². The minimum Gasteiger partial charge on any atom is -0.356 e. The molecule has 0 saturated heterocycles. The highest BCUT2D eigenvalue weighted by Crippen LogP contribution is 2.24. The third kappa shape index (κ3) is 3.18. The number of hydrogen-bond acceptors (Lipinski definition) is 2. The molecule has 4 heteroatoms. The summed E-state index contributed by atoms with van der Waals surface area (Å²) in [5.41, 5.74) is 1.62. The lowest BCUT2D eigenvalue weighted by Crippen LogP contribution is -2.13. The van der Waals surface area contributed by atoms with Gasteiger partial charge in [0.05, 0.1) is 11.7 Å². The molecule has 1 aromatic heterocycles. The number of anilines is 1. The van der Waals surface area contributed by atoms with E-state index in [1.54, 1.807) is 6.07 Å². The topological polar surface area (TPSA) is 29.9 Å². The Kier molecular flexibility index (Phi) is 4.77. The van der Waals surface area contributed by atoms with Crippen LogP contribution in [-0.4, -0.2) is 16.1 Å². The van der Waals surface area contributed by atoms with Crippen molar-refractivity contribution in [2.24, 2.45) is 0 Å². The second kappa shape index (κ2) is 6.55. The van der Waals surface area contributed by atoms with Gasteiger partial charge in [0.15, 0.2) is 0 Å². The highest BCUT2D eigenvalue weighted by atomic mass is 19.1. The number of aromatic nitrogens is 2. The van der Waals surface area contributed by atoms with Gasteiger partial charge in [0, 0.05) is 18.3 Å². The SMILES string of the molecule is CCCCNc1nc(C)cn1C(C)c1ccccc1F. The molecule has 20 heavy (non-hydrogen) atoms. The van der Waals surface area contributed by atoms with E-state index in [0.717, 1.165) is 31.0 Å². The molecule has 2 aromatic rings. The van der Waals surface area contributed by atoms with Crippen LogP contribution in [0.15, 0.2) is 30.5 Å². The smallest absolute Gasteiger partial charge is 0.203 e. The van der Waals surface area contributed by atoms with Gasteiger partial charge in [0.2, 0.25) is 5.95 Å². The predicted molar refractivity (Wildman–Crippen MR) is 80.6 cm³/mol. The maximum atomic E-state index is 13.9. The van der Waals surface area contributed by atoms with Crippen LogP contribution >= 0.6 is 0 Å². The van der Waals surface area contributed by atoms with Crippen LogP contribution in [0.1, 0.15) is 44.0 Å². The van der Waals surface area contributed by atoms with E-state index in [1.165, 1.54) is 6.07 Å². The van der Waals surface area contributed by atoms with Crippen LogP contribution in [0.5, 0.6) is 0 Å². The molecule has 0 aliphatic rings. The fraction of sp³-hybridized carbons (Fsp3) is 0.438. The monoisotopic (exact) mass is 275 g/mol. The van der Waals surface area contributed by atoms with Crippen molar-refractivity contribution in [3.8, 4) is 0 Å². The van der Waals surface area contributed by atoms with Gasteiger partial charge in [0.25, 0.3) is 0 Å². The molecule has 1 aromatic carbocycles. The predicted octanol–water partition coefficient (Wildman–Crippen LogP) is 4.15. The number of nitrogens with zero attached hydrogens (tertiary/aromatic N) is 2. The molecule has 3 nitrogen and oxygen atoms in total. The Balaban J connectivity index is 2.25. The lowest BCUT2D eigenvalue weighted by Gasteiger charge is -2.18. The van der Waals surface area contributed by atoms with Gasteiger partial charge in [-0.05, 0) is 26.3 Å². The first-order valence-corrected chi connectivity index (χ1v) is 7.17. The zero-order valence-corrected chi connectivity index (χ0v) is 12.4. The molecule has 1 N–H and O–H groups in total. The minimum atomic E-state index is -0.175. The highest BCUT2D eigenvalue weighted by molar-refractivity contribution is 5.33. The van der Waals surface area contributed by atoms with Crippen LogP contribution in [-0.2, 0) is 0 Å². The largest absolute Gasteiger partial charge is 0.356 e. The summed E-state index contributed by atoms with van der Waals surface area (Å²) in [4.78, 5) is 4.49. The Labute approximate surface area is 119 Å². The van der Waals surface area contributed by atoms with Crippen molar-refractivity contribution in [1.82, 2.24) is 9.55 Å². The Morgan fingerprint density at radius 1 is 1.35 bits per heavy atom. The summed E-state index contributed by atoms with van der Waals surface area (Å²) in [5.74, 6) is 0.637. The molecule has 0 saturated carbocycles. The van der Waals surface area contributed by atoms with E-state index in [1.807, 2.05) is 36.7 Å². The average molecular weight is 275 g/mol. The summed E-state index contributed by atoms with van der Waals surface area (Å²) in [7, 11) is 0. The summed E-state index contributed by atoms with van der Waals surface area (Å²) in [6.07, 6.45) is 4.20. The second-order valence-electron chi connectivity index (χ2n) is 5.09. The average Bonchev–Trinajstić information content (AvgIpc) is 2.80. The van der Waals surface area contributed by atoms with Gasteiger partial charge < -0.3 is 9.88 Å². The molecule has 0 amide bonds. The van der Waals surface area contributed by atoms with Crippen molar-refractivity contribution in [1.29, 1.82) is 0 Å². The number of hydrogen-bond donors (Lipinski definition) is 1. The Morgan fingerprint density at radius 3 is 2.80 bits per heavy atom. The number of imidazole rings is 1. The quantitative estimate of drug-likeness (QED) is 0.802. The fourth-order valence-electron chi connectivity index (χ4n) is 2.28. The second-order valence-corrected chi connectivity index (χ2v) is 5.09. The van der Waals surface area contributed by atoms with Gasteiger partial charge >= 0.3 is 0 Å². The first kappa shape index (κ1) is 14.6. The first-order valence-electron chi connectivity index (χ1n) is 7.17. The van der Waals surface area contributed by atoms with E-state index in [-0.39, 0.29) is 11.9 Å². The summed E-state index contributed by atoms with van der Waals surface area (Å²) in [6.45, 7) is 6.98. The molecule has 0 fully saturated rings. The van der Waals surface area contributed by atoms with Crippen molar-refractivity contribution >= 4 is 5.95 Å². The number of halogens is 1. The van der Waals surface area contributed by atoms with Gasteiger partial charge in [-0.1, -0.05) is 31.5 Å². The molecule has 2 rings (SSSR count). The third-order valence-electron chi connectivity index (χ3n) is 3.44. The fourth-order valence-corrected chi connectivity index (χ4v) is 2.28. The Bertz CT molecular complexity index is 563. The molecule has 1 unspecified atom stereocenters. The molecule has 0 bridgehead atoms. The highest BCUT2D eigenvalue weighted by Gasteiger charge is 2.16. The zero-order valence-electron chi connectivity index (χ0n) is 12.4. The maximum absolute atomic E-state index is 13.9. The summed E-state index contributed by atoms with van der Waals surface area (Å²) < 4.78 is 15.9. The third-order valence-corrected chi connectivity index (χ3v) is 3.44. The molecule has 108 valence electrons. The first-order chi connectivity index (χ1) is 9.63. The lowest BCUT2D eigenvalue weighted by molar-refractivity contribution is 0.559. The molecule has 0 aliphatic carbocycles. The van der Waals surface area contributed by atoms with Crippen LogP contribution in [0.2, 0.25) is 0 Å². The van der Waals surface area contributed by atoms with Crippen LogP contribution in [0.3, 0.4) is 0 Å². The van der Waals surface area contributed by atoms with Crippen LogP contribution in [0, 0.1) is 12.7 Å². The summed E-state index contributed by atoms with van der Waals surface area (Å²) in [5, 5.41) is 3.33. The van der Waals surface area contributed by atoms with Crippen molar-refractivity contribution in [3.63, 3.8) is 0 Å². The van der Waals surface area contributed by atoms with Crippen LogP contribution in [0.25, 0.3) is 0 Å². The maximum Gasteiger partial charge on any atom is 0.203 e. The van der Waals surface area contributed by atoms with Gasteiger partial charge in [-0.2, -0.15) is 0 Å². The molecule has 1 atom stereocenters. The minimum absolute atomic E-state index is 0.0819. The van der Waals surface area contributed by atoms with Crippen LogP contribution in [0.4, 0.5) is 10.3 Å². The zero-order chi connectivity index (χ0) is 14.5. The van der Waals surface area contributed by atoms with Crippen molar-refractivity contribution < 1.29 is 4.39 Å². The van der Waals surface area contributed by atoms with Crippen molar-refractivity contribution in [2.75, 3.05) is 11.9 Å². The molecule has 0 radical (unpaired) electrons. The normalized spacial score (nSPS) is 12.4. The molecule has 0 aliphatic heterocycles. The van der Waals surface area contributed by atoms with E-state index in [0.29, 0.717) is 5.56 Å². The molecule has 1 heterocycles. The van der Waals surface area contributed by atoms with Gasteiger partial charge in [0.1, 0.15) is 5.82 Å². The summed E-state index contributed by atoms with van der Waals surface area (Å²) in [6, 6.07) is 6.82. The molecule has 0 spiro atoms. The number of nitrogens with one attached hydrogen (secondary N) is 1. The van der Waals surface area contributed by atoms with Gasteiger partial charge in [-0.15, -0.1) is 0 Å². The van der Waals surface area contributed by atoms with E-state index in [4.69, 9.17) is 0 Å². The van der Waals surface area contributed by atoms with Gasteiger partial charge in [-0.3, -0.25) is 0 Å². The summed E-state index contributed by atoms with van der Waals surface area (Å²) >= 11 is 0.